The fourth-order valence-corrected chi connectivity index (χ4v) is 3.16. The van der Waals surface area contributed by atoms with Crippen LogP contribution in [0.2, 0.25) is 0 Å². The number of nitrogens with zero attached hydrogens (tertiary/aromatic N) is 1. The number of amides is 1. The Bertz CT molecular complexity index is 1130. The molecule has 0 atom stereocenters. The quantitative estimate of drug-likeness (QED) is 0.559. The van der Waals surface area contributed by atoms with Crippen LogP contribution < -0.4 is 11.1 Å². The summed E-state index contributed by atoms with van der Waals surface area (Å²) >= 11 is 0. The molecule has 6 heteroatoms. The summed E-state index contributed by atoms with van der Waals surface area (Å²) in [6.07, 6.45) is 1.71. The van der Waals surface area contributed by atoms with E-state index < -0.39 is 11.5 Å². The van der Waals surface area contributed by atoms with Gasteiger partial charge in [0.15, 0.2) is 0 Å². The third-order valence-electron chi connectivity index (χ3n) is 4.59. The molecular weight excluding hydrogens is 390 g/mol. The smallest absolute Gasteiger partial charge is 0.340 e. The van der Waals surface area contributed by atoms with Gasteiger partial charge in [-0.15, -0.1) is 0 Å². The van der Waals surface area contributed by atoms with Crippen molar-refractivity contribution in [2.75, 3.05) is 5.32 Å². The third-order valence-corrected chi connectivity index (χ3v) is 4.59. The molecule has 0 radical (unpaired) electrons. The largest absolute Gasteiger partial charge is 0.456 e. The number of aromatic nitrogens is 1. The van der Waals surface area contributed by atoms with Gasteiger partial charge >= 0.3 is 5.97 Å². The van der Waals surface area contributed by atoms with Crippen molar-refractivity contribution >= 4 is 23.3 Å². The van der Waals surface area contributed by atoms with Crippen molar-refractivity contribution in [3.63, 3.8) is 0 Å². The monoisotopic (exact) mass is 417 g/mol. The second-order valence-corrected chi connectivity index (χ2v) is 8.51. The van der Waals surface area contributed by atoms with Gasteiger partial charge in [0, 0.05) is 11.1 Å². The standard InChI is InChI=1S/C25H27N3O3/c1-15-6-11-21(20(12-15)24(30)31-25(3,4)5)28-19-13-16(2)22(27-14-19)17-7-9-18(10-8-17)23(26)29/h6-14,28H,1-5H3,(H2,26,29). The van der Waals surface area contributed by atoms with E-state index >= 15 is 0 Å². The van der Waals surface area contributed by atoms with Crippen LogP contribution in [-0.4, -0.2) is 22.5 Å². The molecule has 1 heterocycles. The van der Waals surface area contributed by atoms with Crippen molar-refractivity contribution < 1.29 is 14.3 Å². The van der Waals surface area contributed by atoms with Gasteiger partial charge in [0.05, 0.1) is 28.8 Å². The Morgan fingerprint density at radius 1 is 1.00 bits per heavy atom. The SMILES string of the molecule is Cc1ccc(Nc2cnc(-c3ccc(C(N)=O)cc3)c(C)c2)c(C(=O)OC(C)(C)C)c1. The number of carbonyl (C=O) groups excluding carboxylic acids is 2. The number of primary amides is 1. The molecule has 0 bridgehead atoms. The van der Waals surface area contributed by atoms with Crippen molar-refractivity contribution in [2.24, 2.45) is 5.73 Å². The number of hydrogen-bond acceptors (Lipinski definition) is 5. The highest BCUT2D eigenvalue weighted by Crippen LogP contribution is 2.28. The Labute approximate surface area is 182 Å². The molecule has 6 nitrogen and oxygen atoms in total. The molecule has 1 amide bonds. The van der Waals surface area contributed by atoms with Crippen molar-refractivity contribution in [2.45, 2.75) is 40.2 Å². The van der Waals surface area contributed by atoms with Crippen molar-refractivity contribution in [1.82, 2.24) is 4.98 Å². The van der Waals surface area contributed by atoms with Crippen LogP contribution in [-0.2, 0) is 4.74 Å². The molecule has 0 aliphatic rings. The highest BCUT2D eigenvalue weighted by atomic mass is 16.6. The molecule has 31 heavy (non-hydrogen) atoms. The first-order valence-electron chi connectivity index (χ1n) is 10.0. The molecule has 0 spiro atoms. The maximum atomic E-state index is 12.7. The number of pyridine rings is 1. The highest BCUT2D eigenvalue weighted by Gasteiger charge is 2.21. The first kappa shape index (κ1) is 22.0. The molecule has 1 aromatic heterocycles. The van der Waals surface area contributed by atoms with Crippen LogP contribution in [0.4, 0.5) is 11.4 Å². The Hall–Kier alpha value is -3.67. The lowest BCUT2D eigenvalue weighted by atomic mass is 10.0. The van der Waals surface area contributed by atoms with Crippen LogP contribution in [0.25, 0.3) is 11.3 Å². The molecule has 3 aromatic rings. The summed E-state index contributed by atoms with van der Waals surface area (Å²) in [7, 11) is 0. The number of esters is 1. The lowest BCUT2D eigenvalue weighted by Gasteiger charge is -2.21. The molecule has 0 saturated carbocycles. The van der Waals surface area contributed by atoms with Gasteiger partial charge in [0.1, 0.15) is 5.60 Å². The van der Waals surface area contributed by atoms with E-state index in [1.807, 2.05) is 71.0 Å². The zero-order chi connectivity index (χ0) is 22.8. The average molecular weight is 418 g/mol. The minimum atomic E-state index is -0.581. The number of nitrogens with one attached hydrogen (secondary N) is 1. The van der Waals surface area contributed by atoms with E-state index in [0.717, 1.165) is 28.1 Å². The molecule has 0 unspecified atom stereocenters. The summed E-state index contributed by atoms with van der Waals surface area (Å²) in [5.74, 6) is -0.843. The molecule has 3 rings (SSSR count). The molecule has 3 N–H and O–H groups in total. The molecule has 0 aliphatic heterocycles. The number of nitrogens with two attached hydrogens (primary N) is 1. The maximum absolute atomic E-state index is 12.7. The topological polar surface area (TPSA) is 94.3 Å². The summed E-state index contributed by atoms with van der Waals surface area (Å²) < 4.78 is 5.56. The number of benzene rings is 2. The molecule has 2 aromatic carbocycles. The Morgan fingerprint density at radius 2 is 1.68 bits per heavy atom. The lowest BCUT2D eigenvalue weighted by Crippen LogP contribution is -2.24. The van der Waals surface area contributed by atoms with E-state index in [-0.39, 0.29) is 5.97 Å². The van der Waals surface area contributed by atoms with Crippen LogP contribution in [0.1, 0.15) is 52.6 Å². The fourth-order valence-electron chi connectivity index (χ4n) is 3.16. The average Bonchev–Trinajstić information content (AvgIpc) is 2.68. The zero-order valence-corrected chi connectivity index (χ0v) is 18.4. The van der Waals surface area contributed by atoms with Gasteiger partial charge in [-0.3, -0.25) is 9.78 Å². The van der Waals surface area contributed by atoms with E-state index in [9.17, 15) is 9.59 Å². The van der Waals surface area contributed by atoms with Crippen LogP contribution in [0, 0.1) is 13.8 Å². The van der Waals surface area contributed by atoms with Gasteiger partial charge in [-0.2, -0.15) is 0 Å². The van der Waals surface area contributed by atoms with Crippen LogP contribution in [0.3, 0.4) is 0 Å². The second-order valence-electron chi connectivity index (χ2n) is 8.51. The Morgan fingerprint density at radius 3 is 2.26 bits per heavy atom. The fraction of sp³-hybridized carbons (Fsp3) is 0.240. The van der Waals surface area contributed by atoms with Gasteiger partial charge < -0.3 is 15.8 Å². The number of rotatable bonds is 5. The number of anilines is 2. The molecule has 160 valence electrons. The number of aryl methyl sites for hydroxylation is 2. The van der Waals surface area contributed by atoms with E-state index in [1.165, 1.54) is 0 Å². The predicted molar refractivity (Wildman–Crippen MR) is 123 cm³/mol. The van der Waals surface area contributed by atoms with Gasteiger partial charge in [-0.05, 0) is 70.5 Å². The summed E-state index contributed by atoms with van der Waals surface area (Å²) in [5, 5.41) is 3.29. The van der Waals surface area contributed by atoms with Gasteiger partial charge in [0.2, 0.25) is 5.91 Å². The van der Waals surface area contributed by atoms with Crippen LogP contribution in [0.5, 0.6) is 0 Å². The second kappa shape index (κ2) is 8.60. The molecule has 0 aliphatic carbocycles. The van der Waals surface area contributed by atoms with E-state index in [0.29, 0.717) is 16.8 Å². The van der Waals surface area contributed by atoms with Gasteiger partial charge in [-0.25, -0.2) is 4.79 Å². The van der Waals surface area contributed by atoms with Crippen molar-refractivity contribution in [1.29, 1.82) is 0 Å². The summed E-state index contributed by atoms with van der Waals surface area (Å²) in [5.41, 5.74) is 10.7. The molecular formula is C25H27N3O3. The van der Waals surface area contributed by atoms with Crippen LogP contribution in [0.15, 0.2) is 54.7 Å². The van der Waals surface area contributed by atoms with Gasteiger partial charge in [-0.1, -0.05) is 23.8 Å². The normalized spacial score (nSPS) is 11.1. The Kier molecular flexibility index (Phi) is 6.11. The number of hydrogen-bond donors (Lipinski definition) is 2. The minimum absolute atomic E-state index is 0.380. The van der Waals surface area contributed by atoms with Crippen molar-refractivity contribution in [3.05, 3.63) is 77.0 Å². The summed E-state index contributed by atoms with van der Waals surface area (Å²) in [6, 6.07) is 14.6. The third kappa shape index (κ3) is 5.48. The predicted octanol–water partition coefficient (Wildman–Crippen LogP) is 5.16. The first-order valence-corrected chi connectivity index (χ1v) is 10.0. The number of carbonyl (C=O) groups is 2. The molecule has 0 saturated heterocycles. The maximum Gasteiger partial charge on any atom is 0.340 e. The zero-order valence-electron chi connectivity index (χ0n) is 18.4. The van der Waals surface area contributed by atoms with E-state index in [2.05, 4.69) is 10.3 Å². The van der Waals surface area contributed by atoms with E-state index in [1.54, 1.807) is 18.3 Å². The number of ether oxygens (including phenoxy) is 1. The van der Waals surface area contributed by atoms with Crippen LogP contribution >= 0.6 is 0 Å². The lowest BCUT2D eigenvalue weighted by molar-refractivity contribution is 0.00705. The first-order chi connectivity index (χ1) is 14.5. The highest BCUT2D eigenvalue weighted by molar-refractivity contribution is 5.97. The van der Waals surface area contributed by atoms with Gasteiger partial charge in [0.25, 0.3) is 0 Å². The minimum Gasteiger partial charge on any atom is -0.456 e. The molecule has 0 fully saturated rings. The Balaban J connectivity index is 1.88. The van der Waals surface area contributed by atoms with Crippen molar-refractivity contribution in [3.8, 4) is 11.3 Å². The van der Waals surface area contributed by atoms with E-state index in [4.69, 9.17) is 10.5 Å². The summed E-state index contributed by atoms with van der Waals surface area (Å²) in [4.78, 5) is 28.5. The summed E-state index contributed by atoms with van der Waals surface area (Å²) in [6.45, 7) is 9.42.